The first-order valence-electron chi connectivity index (χ1n) is 6.69. The van der Waals surface area contributed by atoms with Crippen molar-refractivity contribution in [3.05, 3.63) is 23.8 Å². The van der Waals surface area contributed by atoms with Crippen molar-refractivity contribution in [2.45, 2.75) is 20.8 Å². The number of benzene rings is 1. The number of Topliss-reactive ketones (excluding diaryl/α,β-unsaturated/α-hetero) is 1. The van der Waals surface area contributed by atoms with E-state index in [0.717, 1.165) is 5.69 Å². The Morgan fingerprint density at radius 3 is 2.55 bits per heavy atom. The van der Waals surface area contributed by atoms with Gasteiger partial charge in [-0.2, -0.15) is 0 Å². The molecule has 0 spiro atoms. The number of carbonyl (C=O) groups excluding carboxylic acids is 2. The van der Waals surface area contributed by atoms with Crippen molar-refractivity contribution in [3.8, 4) is 0 Å². The molecule has 1 aromatic rings. The molecular formula is C15H23N3O2. The quantitative estimate of drug-likeness (QED) is 0.613. The number of hydrogen-bond acceptors (Lipinski definition) is 4. The maximum atomic E-state index is 11.8. The summed E-state index contributed by atoms with van der Waals surface area (Å²) in [5.41, 5.74) is 7.49. The molecule has 0 fully saturated rings. The van der Waals surface area contributed by atoms with Crippen LogP contribution in [0.15, 0.2) is 18.2 Å². The number of ketones is 1. The van der Waals surface area contributed by atoms with Crippen molar-refractivity contribution in [1.29, 1.82) is 0 Å². The Kier molecular flexibility index (Phi) is 5.55. The van der Waals surface area contributed by atoms with Crippen LogP contribution >= 0.6 is 0 Å². The van der Waals surface area contributed by atoms with Crippen LogP contribution in [0.1, 0.15) is 31.1 Å². The van der Waals surface area contributed by atoms with Gasteiger partial charge in [0.15, 0.2) is 5.78 Å². The monoisotopic (exact) mass is 277 g/mol. The molecule has 1 aromatic carbocycles. The van der Waals surface area contributed by atoms with Crippen molar-refractivity contribution in [1.82, 2.24) is 5.32 Å². The molecule has 5 nitrogen and oxygen atoms in total. The lowest BCUT2D eigenvalue weighted by Gasteiger charge is -2.20. The highest BCUT2D eigenvalue weighted by atomic mass is 16.2. The summed E-state index contributed by atoms with van der Waals surface area (Å²) in [7, 11) is 1.81. The van der Waals surface area contributed by atoms with Crippen LogP contribution in [0, 0.1) is 5.92 Å². The number of likely N-dealkylation sites (N-methyl/N-ethyl adjacent to an activating group) is 1. The number of carbonyl (C=O) groups is 2. The Labute approximate surface area is 120 Å². The first-order chi connectivity index (χ1) is 9.31. The minimum Gasteiger partial charge on any atom is -0.398 e. The number of nitrogens with two attached hydrogens (primary N) is 1. The molecule has 0 saturated carbocycles. The smallest absolute Gasteiger partial charge is 0.239 e. The second kappa shape index (κ2) is 6.93. The zero-order chi connectivity index (χ0) is 15.3. The molecule has 0 aliphatic carbocycles. The second-order valence-electron chi connectivity index (χ2n) is 5.38. The van der Waals surface area contributed by atoms with E-state index in [0.29, 0.717) is 23.7 Å². The number of anilines is 2. The van der Waals surface area contributed by atoms with Gasteiger partial charge in [-0.05, 0) is 31.0 Å². The highest BCUT2D eigenvalue weighted by Crippen LogP contribution is 2.20. The Hall–Kier alpha value is -2.04. The Morgan fingerprint density at radius 2 is 2.00 bits per heavy atom. The zero-order valence-electron chi connectivity index (χ0n) is 12.6. The molecule has 20 heavy (non-hydrogen) atoms. The van der Waals surface area contributed by atoms with Gasteiger partial charge < -0.3 is 16.0 Å². The van der Waals surface area contributed by atoms with Gasteiger partial charge in [-0.25, -0.2) is 0 Å². The van der Waals surface area contributed by atoms with E-state index in [4.69, 9.17) is 5.73 Å². The van der Waals surface area contributed by atoms with Crippen LogP contribution in [-0.2, 0) is 4.79 Å². The molecule has 1 amide bonds. The van der Waals surface area contributed by atoms with E-state index in [-0.39, 0.29) is 18.2 Å². The number of amides is 1. The van der Waals surface area contributed by atoms with Gasteiger partial charge in [-0.1, -0.05) is 13.8 Å². The molecule has 0 aliphatic heterocycles. The van der Waals surface area contributed by atoms with Crippen molar-refractivity contribution in [2.24, 2.45) is 5.92 Å². The molecule has 0 bridgehead atoms. The Morgan fingerprint density at radius 1 is 1.35 bits per heavy atom. The van der Waals surface area contributed by atoms with E-state index in [2.05, 4.69) is 5.32 Å². The lowest BCUT2D eigenvalue weighted by molar-refractivity contribution is -0.119. The SMILES string of the molecule is CC(=O)c1cc(N(C)CC(=O)NCC(C)C)ccc1N. The van der Waals surface area contributed by atoms with Gasteiger partial charge in [0.2, 0.25) is 5.91 Å². The summed E-state index contributed by atoms with van der Waals surface area (Å²) in [5.74, 6) is 0.300. The van der Waals surface area contributed by atoms with Crippen molar-refractivity contribution >= 4 is 23.1 Å². The molecule has 0 saturated heterocycles. The number of rotatable bonds is 6. The highest BCUT2D eigenvalue weighted by Gasteiger charge is 2.11. The fraction of sp³-hybridized carbons (Fsp3) is 0.467. The summed E-state index contributed by atoms with van der Waals surface area (Å²) in [5, 5.41) is 2.86. The topological polar surface area (TPSA) is 75.4 Å². The molecule has 0 aliphatic rings. The number of hydrogen-bond donors (Lipinski definition) is 2. The summed E-state index contributed by atoms with van der Waals surface area (Å²) < 4.78 is 0. The van der Waals surface area contributed by atoms with Gasteiger partial charge in [0.25, 0.3) is 0 Å². The summed E-state index contributed by atoms with van der Waals surface area (Å²) in [4.78, 5) is 25.0. The largest absolute Gasteiger partial charge is 0.398 e. The van der Waals surface area contributed by atoms with Crippen LogP contribution in [0.3, 0.4) is 0 Å². The molecule has 0 aromatic heterocycles. The average Bonchev–Trinajstić information content (AvgIpc) is 2.36. The number of nitrogens with zero attached hydrogens (tertiary/aromatic N) is 1. The predicted molar refractivity (Wildman–Crippen MR) is 82.0 cm³/mol. The van der Waals surface area contributed by atoms with Crippen LogP contribution in [-0.4, -0.2) is 31.8 Å². The van der Waals surface area contributed by atoms with Crippen LogP contribution < -0.4 is 16.0 Å². The van der Waals surface area contributed by atoms with Gasteiger partial charge in [-0.15, -0.1) is 0 Å². The molecule has 1 rings (SSSR count). The lowest BCUT2D eigenvalue weighted by atomic mass is 10.1. The molecule has 0 atom stereocenters. The fourth-order valence-electron chi connectivity index (χ4n) is 1.77. The van der Waals surface area contributed by atoms with E-state index >= 15 is 0 Å². The molecule has 0 unspecified atom stereocenters. The summed E-state index contributed by atoms with van der Waals surface area (Å²) in [6.45, 7) is 6.47. The van der Waals surface area contributed by atoms with E-state index in [9.17, 15) is 9.59 Å². The van der Waals surface area contributed by atoms with Crippen LogP contribution in [0.25, 0.3) is 0 Å². The minimum absolute atomic E-state index is 0.0394. The third-order valence-electron chi connectivity index (χ3n) is 2.95. The fourth-order valence-corrected chi connectivity index (χ4v) is 1.77. The maximum Gasteiger partial charge on any atom is 0.239 e. The molecule has 5 heteroatoms. The van der Waals surface area contributed by atoms with Crippen molar-refractivity contribution in [3.63, 3.8) is 0 Å². The van der Waals surface area contributed by atoms with Crippen molar-refractivity contribution in [2.75, 3.05) is 30.8 Å². The highest BCUT2D eigenvalue weighted by molar-refractivity contribution is 6.00. The van der Waals surface area contributed by atoms with Gasteiger partial charge >= 0.3 is 0 Å². The summed E-state index contributed by atoms with van der Waals surface area (Å²) >= 11 is 0. The third-order valence-corrected chi connectivity index (χ3v) is 2.95. The van der Waals surface area contributed by atoms with E-state index in [1.54, 1.807) is 23.1 Å². The molecule has 0 heterocycles. The van der Waals surface area contributed by atoms with E-state index in [1.807, 2.05) is 20.9 Å². The van der Waals surface area contributed by atoms with E-state index in [1.165, 1.54) is 6.92 Å². The molecular weight excluding hydrogens is 254 g/mol. The van der Waals surface area contributed by atoms with Gasteiger partial charge in [-0.3, -0.25) is 9.59 Å². The number of nitrogen functional groups attached to an aromatic ring is 1. The number of nitrogens with one attached hydrogen (secondary N) is 1. The molecule has 3 N–H and O–H groups in total. The van der Waals surface area contributed by atoms with Crippen LogP contribution in [0.5, 0.6) is 0 Å². The zero-order valence-corrected chi connectivity index (χ0v) is 12.6. The van der Waals surface area contributed by atoms with E-state index < -0.39 is 0 Å². The molecule has 110 valence electrons. The van der Waals surface area contributed by atoms with Crippen molar-refractivity contribution < 1.29 is 9.59 Å². The molecule has 0 radical (unpaired) electrons. The Bertz CT molecular complexity index is 498. The van der Waals surface area contributed by atoms with Crippen LogP contribution in [0.4, 0.5) is 11.4 Å². The first-order valence-corrected chi connectivity index (χ1v) is 6.69. The standard InChI is InChI=1S/C15H23N3O2/c1-10(2)8-17-15(20)9-18(4)12-5-6-14(16)13(7-12)11(3)19/h5-7,10H,8-9,16H2,1-4H3,(H,17,20). The minimum atomic E-state index is -0.0815. The summed E-state index contributed by atoms with van der Waals surface area (Å²) in [6, 6.07) is 5.21. The Balaban J connectivity index is 2.72. The van der Waals surface area contributed by atoms with Crippen LogP contribution in [0.2, 0.25) is 0 Å². The van der Waals surface area contributed by atoms with Gasteiger partial charge in [0.1, 0.15) is 0 Å². The van der Waals surface area contributed by atoms with Gasteiger partial charge in [0, 0.05) is 30.5 Å². The third kappa shape index (κ3) is 4.57. The second-order valence-corrected chi connectivity index (χ2v) is 5.38. The summed E-state index contributed by atoms with van der Waals surface area (Å²) in [6.07, 6.45) is 0. The first kappa shape index (κ1) is 16.0. The average molecular weight is 277 g/mol. The predicted octanol–water partition coefficient (Wildman–Crippen LogP) is 1.68. The maximum absolute atomic E-state index is 11.8. The normalized spacial score (nSPS) is 10.4. The lowest BCUT2D eigenvalue weighted by Crippen LogP contribution is -2.36. The van der Waals surface area contributed by atoms with Gasteiger partial charge in [0.05, 0.1) is 6.54 Å².